The van der Waals surface area contributed by atoms with Crippen LogP contribution in [0, 0.1) is 0 Å². The van der Waals surface area contributed by atoms with E-state index in [1.54, 1.807) is 6.08 Å². The SMILES string of the molecule is CCCCCCCCCC/C=C/CC/C=C/CC/C=C/C(O)C(COC1OC(CO)C(OC2OC(CO)C(O)C(O)C2O)C(O)C1O)NC(=O)CCCC. The van der Waals surface area contributed by atoms with E-state index in [1.165, 1.54) is 51.4 Å². The number of rotatable bonds is 28. The molecule has 0 saturated carbocycles. The maximum Gasteiger partial charge on any atom is 0.220 e. The molecule has 2 fully saturated rings. The summed E-state index contributed by atoms with van der Waals surface area (Å²) in [6, 6.07) is -0.928. The van der Waals surface area contributed by atoms with Crippen molar-refractivity contribution in [1.29, 1.82) is 0 Å². The van der Waals surface area contributed by atoms with Gasteiger partial charge in [0.05, 0.1) is 32.0 Å². The van der Waals surface area contributed by atoms with E-state index in [0.717, 1.165) is 32.1 Å². The van der Waals surface area contributed by atoms with Gasteiger partial charge in [0.2, 0.25) is 5.91 Å². The zero-order chi connectivity index (χ0) is 39.7. The van der Waals surface area contributed by atoms with Crippen LogP contribution in [0.25, 0.3) is 0 Å². The summed E-state index contributed by atoms with van der Waals surface area (Å²) in [6.45, 7) is 2.45. The van der Waals surface area contributed by atoms with Crippen LogP contribution in [0.1, 0.15) is 117 Å². The molecule has 0 spiro atoms. The van der Waals surface area contributed by atoms with Crippen molar-refractivity contribution in [3.05, 3.63) is 36.5 Å². The van der Waals surface area contributed by atoms with Crippen molar-refractivity contribution in [3.8, 4) is 0 Å². The fraction of sp³-hybridized carbons (Fsp3) is 0.825. The normalized spacial score (nSPS) is 30.4. The van der Waals surface area contributed by atoms with Gasteiger partial charge in [-0.15, -0.1) is 0 Å². The summed E-state index contributed by atoms with van der Waals surface area (Å²) in [5.74, 6) is -0.293. The second kappa shape index (κ2) is 28.6. The zero-order valence-corrected chi connectivity index (χ0v) is 32.4. The predicted molar refractivity (Wildman–Crippen MR) is 203 cm³/mol. The van der Waals surface area contributed by atoms with Gasteiger partial charge in [0.25, 0.3) is 0 Å². The van der Waals surface area contributed by atoms with E-state index in [1.807, 2.05) is 13.0 Å². The molecule has 12 unspecified atom stereocenters. The van der Waals surface area contributed by atoms with Gasteiger partial charge < -0.3 is 65.1 Å². The molecule has 0 aromatic carbocycles. The lowest BCUT2D eigenvalue weighted by atomic mass is 9.97. The highest BCUT2D eigenvalue weighted by molar-refractivity contribution is 5.76. The molecule has 0 bridgehead atoms. The van der Waals surface area contributed by atoms with Crippen molar-refractivity contribution in [3.63, 3.8) is 0 Å². The Hall–Kier alpha value is -1.79. The van der Waals surface area contributed by atoms with Crippen LogP contribution in [0.15, 0.2) is 36.5 Å². The first-order chi connectivity index (χ1) is 26.1. The van der Waals surface area contributed by atoms with Crippen LogP contribution in [-0.4, -0.2) is 140 Å². The van der Waals surface area contributed by atoms with Gasteiger partial charge in [-0.1, -0.05) is 102 Å². The van der Waals surface area contributed by atoms with Crippen molar-refractivity contribution >= 4 is 5.91 Å². The van der Waals surface area contributed by atoms with E-state index in [4.69, 9.17) is 18.9 Å². The molecular weight excluding hydrogens is 702 g/mol. The third-order valence-electron chi connectivity index (χ3n) is 9.81. The molecular formula is C40H71NO13. The number of hydrogen-bond acceptors (Lipinski definition) is 13. The number of carbonyl (C=O) groups excluding carboxylic acids is 1. The Morgan fingerprint density at radius 2 is 1.19 bits per heavy atom. The molecule has 2 saturated heterocycles. The quantitative estimate of drug-likeness (QED) is 0.0412. The van der Waals surface area contributed by atoms with Crippen LogP contribution in [0.5, 0.6) is 0 Å². The molecule has 14 nitrogen and oxygen atoms in total. The number of unbranched alkanes of at least 4 members (excludes halogenated alkanes) is 11. The fourth-order valence-corrected chi connectivity index (χ4v) is 6.36. The number of aliphatic hydroxyl groups excluding tert-OH is 8. The lowest BCUT2D eigenvalue weighted by Gasteiger charge is -2.46. The molecule has 0 radical (unpaired) electrons. The zero-order valence-electron chi connectivity index (χ0n) is 32.4. The van der Waals surface area contributed by atoms with Crippen molar-refractivity contribution in [2.24, 2.45) is 0 Å². The van der Waals surface area contributed by atoms with Crippen LogP contribution in [0.2, 0.25) is 0 Å². The highest BCUT2D eigenvalue weighted by Gasteiger charge is 2.50. The maximum atomic E-state index is 12.6. The van der Waals surface area contributed by atoms with Crippen LogP contribution >= 0.6 is 0 Å². The Balaban J connectivity index is 1.84. The predicted octanol–water partition coefficient (Wildman–Crippen LogP) is 2.42. The first-order valence-electron chi connectivity index (χ1n) is 20.2. The minimum absolute atomic E-state index is 0.243. The highest BCUT2D eigenvalue weighted by atomic mass is 16.7. The Labute approximate surface area is 321 Å². The summed E-state index contributed by atoms with van der Waals surface area (Å²) >= 11 is 0. The second-order valence-corrected chi connectivity index (χ2v) is 14.4. The summed E-state index contributed by atoms with van der Waals surface area (Å²) in [4.78, 5) is 12.6. The summed E-state index contributed by atoms with van der Waals surface area (Å²) < 4.78 is 22.3. The van der Waals surface area contributed by atoms with Crippen molar-refractivity contribution in [2.75, 3.05) is 19.8 Å². The van der Waals surface area contributed by atoms with Crippen LogP contribution in [-0.2, 0) is 23.7 Å². The molecule has 2 aliphatic heterocycles. The monoisotopic (exact) mass is 773 g/mol. The molecule has 0 aromatic heterocycles. The first kappa shape index (κ1) is 48.4. The van der Waals surface area contributed by atoms with Crippen molar-refractivity contribution in [2.45, 2.75) is 190 Å². The Morgan fingerprint density at radius 3 is 1.80 bits per heavy atom. The molecule has 2 heterocycles. The van der Waals surface area contributed by atoms with E-state index in [0.29, 0.717) is 12.8 Å². The highest BCUT2D eigenvalue weighted by Crippen LogP contribution is 2.29. The van der Waals surface area contributed by atoms with Gasteiger partial charge in [-0.3, -0.25) is 4.79 Å². The molecule has 9 N–H and O–H groups in total. The third kappa shape index (κ3) is 17.6. The number of aliphatic hydroxyl groups is 8. The lowest BCUT2D eigenvalue weighted by Crippen LogP contribution is -2.65. The van der Waals surface area contributed by atoms with Crippen molar-refractivity contribution in [1.82, 2.24) is 5.32 Å². The number of allylic oxidation sites excluding steroid dienone is 5. The van der Waals surface area contributed by atoms with Gasteiger partial charge in [-0.05, 0) is 44.9 Å². The number of ether oxygens (including phenoxy) is 4. The van der Waals surface area contributed by atoms with E-state index < -0.39 is 86.8 Å². The molecule has 2 aliphatic rings. The van der Waals surface area contributed by atoms with E-state index in [2.05, 4.69) is 36.5 Å². The topological polar surface area (TPSA) is 228 Å². The summed E-state index contributed by atoms with van der Waals surface area (Å²) in [6.07, 6.45) is 12.0. The van der Waals surface area contributed by atoms with Crippen molar-refractivity contribution < 1.29 is 64.6 Å². The van der Waals surface area contributed by atoms with Gasteiger partial charge in [-0.25, -0.2) is 0 Å². The smallest absolute Gasteiger partial charge is 0.220 e. The minimum Gasteiger partial charge on any atom is -0.394 e. The summed E-state index contributed by atoms with van der Waals surface area (Å²) in [5, 5.41) is 85.5. The van der Waals surface area contributed by atoms with Gasteiger partial charge in [0.15, 0.2) is 12.6 Å². The van der Waals surface area contributed by atoms with Gasteiger partial charge >= 0.3 is 0 Å². The van der Waals surface area contributed by atoms with Crippen LogP contribution < -0.4 is 5.32 Å². The largest absolute Gasteiger partial charge is 0.394 e. The molecule has 14 heteroatoms. The molecule has 0 aliphatic carbocycles. The Kier molecular flexibility index (Phi) is 25.6. The summed E-state index contributed by atoms with van der Waals surface area (Å²) in [7, 11) is 0. The fourth-order valence-electron chi connectivity index (χ4n) is 6.36. The Morgan fingerprint density at radius 1 is 0.648 bits per heavy atom. The number of amides is 1. The van der Waals surface area contributed by atoms with Gasteiger partial charge in [-0.2, -0.15) is 0 Å². The van der Waals surface area contributed by atoms with E-state index in [9.17, 15) is 45.6 Å². The molecule has 1 amide bonds. The molecule has 54 heavy (non-hydrogen) atoms. The second-order valence-electron chi connectivity index (χ2n) is 14.4. The third-order valence-corrected chi connectivity index (χ3v) is 9.81. The first-order valence-corrected chi connectivity index (χ1v) is 20.2. The van der Waals surface area contributed by atoms with E-state index >= 15 is 0 Å². The average Bonchev–Trinajstić information content (AvgIpc) is 3.17. The standard InChI is InChI=1S/C40H71NO13/c1-3-5-7-8-9-10-11-12-13-14-15-16-17-18-19-20-21-22-23-29(44)28(41-32(45)24-6-4-2)27-51-39-37(50)35(48)38(31(26-43)53-39)54-40-36(49)34(47)33(46)30(25-42)52-40/h14-15,18-19,22-23,28-31,33-40,42-44,46-50H,3-13,16-17,20-21,24-27H2,1-2H3,(H,41,45)/b15-14+,19-18+,23-22+. The number of nitrogens with one attached hydrogen (secondary N) is 1. The molecule has 2 rings (SSSR count). The average molecular weight is 774 g/mol. The maximum absolute atomic E-state index is 12.6. The van der Waals surface area contributed by atoms with Gasteiger partial charge in [0.1, 0.15) is 48.8 Å². The summed E-state index contributed by atoms with van der Waals surface area (Å²) in [5.41, 5.74) is 0. The lowest BCUT2D eigenvalue weighted by molar-refractivity contribution is -0.359. The molecule has 314 valence electrons. The number of hydrogen-bond donors (Lipinski definition) is 9. The Bertz CT molecular complexity index is 1060. The molecule has 0 aromatic rings. The minimum atomic E-state index is -1.79. The van der Waals surface area contributed by atoms with Crippen LogP contribution in [0.3, 0.4) is 0 Å². The van der Waals surface area contributed by atoms with Crippen LogP contribution in [0.4, 0.5) is 0 Å². The number of carbonyl (C=O) groups is 1. The van der Waals surface area contributed by atoms with E-state index in [-0.39, 0.29) is 18.9 Å². The van der Waals surface area contributed by atoms with Gasteiger partial charge in [0, 0.05) is 6.42 Å². The molecule has 12 atom stereocenters.